The van der Waals surface area contributed by atoms with Gasteiger partial charge >= 0.3 is 0 Å². The smallest absolute Gasteiger partial charge is 0.236 e. The molecule has 1 aliphatic rings. The zero-order valence-electron chi connectivity index (χ0n) is 14.9. The van der Waals surface area contributed by atoms with E-state index < -0.39 is 5.41 Å². The van der Waals surface area contributed by atoms with E-state index in [1.807, 2.05) is 24.3 Å². The molecule has 1 aliphatic carbocycles. The highest BCUT2D eigenvalue weighted by Gasteiger charge is 2.43. The van der Waals surface area contributed by atoms with Crippen molar-refractivity contribution in [3.05, 3.63) is 58.1 Å². The highest BCUT2D eigenvalue weighted by atomic mass is 35.5. The molecule has 3 aromatic rings. The molecular formula is C21H21ClN2OS. The molecule has 1 N–H and O–H groups in total. The van der Waals surface area contributed by atoms with Gasteiger partial charge in [0.2, 0.25) is 5.91 Å². The summed E-state index contributed by atoms with van der Waals surface area (Å²) in [7, 11) is 0. The summed E-state index contributed by atoms with van der Waals surface area (Å²) >= 11 is 7.59. The number of amides is 1. The third-order valence-electron chi connectivity index (χ3n) is 5.33. The van der Waals surface area contributed by atoms with Gasteiger partial charge in [0, 0.05) is 5.02 Å². The molecule has 1 saturated carbocycles. The minimum Gasteiger partial charge on any atom is -0.301 e. The van der Waals surface area contributed by atoms with E-state index in [0.29, 0.717) is 10.2 Å². The Balaban J connectivity index is 1.67. The van der Waals surface area contributed by atoms with Crippen LogP contribution in [0, 0.1) is 13.8 Å². The molecule has 134 valence electrons. The maximum Gasteiger partial charge on any atom is 0.236 e. The van der Waals surface area contributed by atoms with Gasteiger partial charge < -0.3 is 5.32 Å². The van der Waals surface area contributed by atoms with Gasteiger partial charge in [0.1, 0.15) is 0 Å². The average molecular weight is 385 g/mol. The highest BCUT2D eigenvalue weighted by Crippen LogP contribution is 2.43. The molecule has 0 unspecified atom stereocenters. The van der Waals surface area contributed by atoms with Gasteiger partial charge in [-0.15, -0.1) is 0 Å². The van der Waals surface area contributed by atoms with Crippen molar-refractivity contribution >= 4 is 44.2 Å². The van der Waals surface area contributed by atoms with Crippen molar-refractivity contribution < 1.29 is 4.79 Å². The predicted octanol–water partition coefficient (Wildman–Crippen LogP) is 6.02. The number of anilines is 1. The van der Waals surface area contributed by atoms with Crippen LogP contribution in [0.25, 0.3) is 10.2 Å². The summed E-state index contributed by atoms with van der Waals surface area (Å²) in [6, 6.07) is 11.9. The molecule has 0 spiro atoms. The third kappa shape index (κ3) is 3.01. The molecule has 1 aromatic heterocycles. The second-order valence-electron chi connectivity index (χ2n) is 7.20. The number of thiazole rings is 1. The normalized spacial score (nSPS) is 16.1. The minimum absolute atomic E-state index is 0.0470. The number of nitrogens with one attached hydrogen (secondary N) is 1. The van der Waals surface area contributed by atoms with Gasteiger partial charge in [-0.2, -0.15) is 0 Å². The number of fused-ring (bicyclic) bond motifs is 1. The molecule has 2 aromatic carbocycles. The molecular weight excluding hydrogens is 364 g/mol. The largest absolute Gasteiger partial charge is 0.301 e. The number of nitrogens with zero attached hydrogens (tertiary/aromatic N) is 1. The van der Waals surface area contributed by atoms with Crippen LogP contribution in [-0.2, 0) is 10.2 Å². The van der Waals surface area contributed by atoms with Crippen molar-refractivity contribution in [3.63, 3.8) is 0 Å². The standard InChI is InChI=1S/C21H21ClN2OS/c1-13-11-14(2)18-17(12-13)23-20(26-18)24-19(25)21(9-3-4-10-21)15-5-7-16(22)8-6-15/h5-8,11-12H,3-4,9-10H2,1-2H3,(H,23,24,25). The van der Waals surface area contributed by atoms with E-state index in [-0.39, 0.29) is 5.91 Å². The molecule has 0 saturated heterocycles. The lowest BCUT2D eigenvalue weighted by Gasteiger charge is -2.27. The molecule has 5 heteroatoms. The number of rotatable bonds is 3. The van der Waals surface area contributed by atoms with Crippen LogP contribution in [-0.4, -0.2) is 10.9 Å². The zero-order chi connectivity index (χ0) is 18.3. The number of carbonyl (C=O) groups is 1. The van der Waals surface area contributed by atoms with Crippen molar-refractivity contribution in [2.24, 2.45) is 0 Å². The lowest BCUT2D eigenvalue weighted by atomic mass is 9.78. The van der Waals surface area contributed by atoms with E-state index >= 15 is 0 Å². The fourth-order valence-corrected chi connectivity index (χ4v) is 5.08. The van der Waals surface area contributed by atoms with Gasteiger partial charge in [-0.1, -0.05) is 54.0 Å². The Labute approximate surface area is 162 Å². The van der Waals surface area contributed by atoms with Crippen LogP contribution in [0.5, 0.6) is 0 Å². The average Bonchev–Trinajstić information content (AvgIpc) is 3.23. The quantitative estimate of drug-likeness (QED) is 0.600. The van der Waals surface area contributed by atoms with Crippen molar-refractivity contribution in [1.29, 1.82) is 0 Å². The van der Waals surface area contributed by atoms with Gasteiger partial charge in [-0.05, 0) is 61.6 Å². The fraction of sp³-hybridized carbons (Fsp3) is 0.333. The Morgan fingerprint density at radius 2 is 1.85 bits per heavy atom. The van der Waals surface area contributed by atoms with E-state index in [4.69, 9.17) is 11.6 Å². The van der Waals surface area contributed by atoms with Crippen molar-refractivity contribution in [3.8, 4) is 0 Å². The van der Waals surface area contributed by atoms with E-state index in [9.17, 15) is 4.79 Å². The van der Waals surface area contributed by atoms with Crippen molar-refractivity contribution in [2.75, 3.05) is 5.32 Å². The molecule has 1 fully saturated rings. The Hall–Kier alpha value is -1.91. The monoisotopic (exact) mass is 384 g/mol. The predicted molar refractivity (Wildman–Crippen MR) is 109 cm³/mol. The maximum absolute atomic E-state index is 13.3. The van der Waals surface area contributed by atoms with Gasteiger partial charge in [0.25, 0.3) is 0 Å². The molecule has 1 heterocycles. The number of aryl methyl sites for hydroxylation is 2. The van der Waals surface area contributed by atoms with Crippen molar-refractivity contribution in [2.45, 2.75) is 44.9 Å². The first-order valence-corrected chi connectivity index (χ1v) is 10.1. The van der Waals surface area contributed by atoms with Crippen LogP contribution in [0.4, 0.5) is 5.13 Å². The van der Waals surface area contributed by atoms with Crippen LogP contribution in [0.15, 0.2) is 36.4 Å². The fourth-order valence-electron chi connectivity index (χ4n) is 4.04. The molecule has 4 rings (SSSR count). The summed E-state index contributed by atoms with van der Waals surface area (Å²) in [5, 5.41) is 4.48. The van der Waals surface area contributed by atoms with E-state index in [0.717, 1.165) is 41.5 Å². The summed E-state index contributed by atoms with van der Waals surface area (Å²) in [4.78, 5) is 17.9. The summed E-state index contributed by atoms with van der Waals surface area (Å²) in [6.45, 7) is 4.16. The minimum atomic E-state index is -0.479. The zero-order valence-corrected chi connectivity index (χ0v) is 16.5. The first-order chi connectivity index (χ1) is 12.5. The number of aromatic nitrogens is 1. The van der Waals surface area contributed by atoms with E-state index in [2.05, 4.69) is 36.3 Å². The Kier molecular flexibility index (Phi) is 4.49. The highest BCUT2D eigenvalue weighted by molar-refractivity contribution is 7.22. The van der Waals surface area contributed by atoms with Gasteiger partial charge in [-0.25, -0.2) is 4.98 Å². The Morgan fingerprint density at radius 1 is 1.15 bits per heavy atom. The summed E-state index contributed by atoms with van der Waals surface area (Å²) < 4.78 is 1.14. The molecule has 1 amide bonds. The van der Waals surface area contributed by atoms with Crippen LogP contribution in [0.3, 0.4) is 0 Å². The molecule has 0 radical (unpaired) electrons. The van der Waals surface area contributed by atoms with Gasteiger partial charge in [0.15, 0.2) is 5.13 Å². The van der Waals surface area contributed by atoms with Gasteiger partial charge in [0.05, 0.1) is 15.6 Å². The molecule has 0 bridgehead atoms. The Bertz CT molecular complexity index is 972. The second-order valence-corrected chi connectivity index (χ2v) is 8.63. The summed E-state index contributed by atoms with van der Waals surface area (Å²) in [6.07, 6.45) is 3.86. The molecule has 0 aliphatic heterocycles. The maximum atomic E-state index is 13.3. The van der Waals surface area contributed by atoms with Gasteiger partial charge in [-0.3, -0.25) is 4.79 Å². The number of carbonyl (C=O) groups excluding carboxylic acids is 1. The molecule has 3 nitrogen and oxygen atoms in total. The second kappa shape index (κ2) is 6.67. The topological polar surface area (TPSA) is 42.0 Å². The first kappa shape index (κ1) is 17.5. The van der Waals surface area contributed by atoms with Crippen LogP contribution in [0.1, 0.15) is 42.4 Å². The Morgan fingerprint density at radius 3 is 2.54 bits per heavy atom. The van der Waals surface area contributed by atoms with Crippen LogP contribution in [0.2, 0.25) is 5.02 Å². The van der Waals surface area contributed by atoms with Crippen molar-refractivity contribution in [1.82, 2.24) is 4.98 Å². The number of hydrogen-bond acceptors (Lipinski definition) is 3. The molecule has 26 heavy (non-hydrogen) atoms. The first-order valence-electron chi connectivity index (χ1n) is 8.93. The summed E-state index contributed by atoms with van der Waals surface area (Å²) in [5.41, 5.74) is 3.91. The molecule has 0 atom stereocenters. The number of hydrogen-bond donors (Lipinski definition) is 1. The van der Waals surface area contributed by atoms with Crippen LogP contribution < -0.4 is 5.32 Å². The SMILES string of the molecule is Cc1cc(C)c2sc(NC(=O)C3(c4ccc(Cl)cc4)CCCC3)nc2c1. The lowest BCUT2D eigenvalue weighted by molar-refractivity contribution is -0.121. The van der Waals surface area contributed by atoms with E-state index in [1.165, 1.54) is 11.1 Å². The number of halogens is 1. The van der Waals surface area contributed by atoms with Crippen LogP contribution >= 0.6 is 22.9 Å². The summed E-state index contributed by atoms with van der Waals surface area (Å²) in [5.74, 6) is 0.0470. The van der Waals surface area contributed by atoms with E-state index in [1.54, 1.807) is 11.3 Å². The number of benzene rings is 2. The lowest BCUT2D eigenvalue weighted by Crippen LogP contribution is -2.37. The third-order valence-corrected chi connectivity index (χ3v) is 6.70.